The highest BCUT2D eigenvalue weighted by molar-refractivity contribution is 14.0. The molecule has 0 radical (unpaired) electrons. The van der Waals surface area contributed by atoms with Gasteiger partial charge in [0.05, 0.1) is 19.3 Å². The summed E-state index contributed by atoms with van der Waals surface area (Å²) in [6.45, 7) is 5.13. The fourth-order valence-corrected chi connectivity index (χ4v) is 2.85. The number of hydrogen-bond acceptors (Lipinski definition) is 3. The minimum atomic E-state index is 0. The Morgan fingerprint density at radius 3 is 2.86 bits per heavy atom. The lowest BCUT2D eigenvalue weighted by atomic mass is 10.3. The topological polar surface area (TPSA) is 50.8 Å². The minimum Gasteiger partial charge on any atom is -0.375 e. The van der Waals surface area contributed by atoms with Gasteiger partial charge < -0.3 is 15.4 Å². The van der Waals surface area contributed by atoms with E-state index in [9.17, 15) is 0 Å². The van der Waals surface area contributed by atoms with E-state index in [1.54, 1.807) is 11.8 Å². The third-order valence-corrected chi connectivity index (χ3v) is 4.26. The molecule has 2 rings (SSSR count). The average Bonchev–Trinajstić information content (AvgIpc) is 2.45. The highest BCUT2D eigenvalue weighted by atomic mass is 127. The number of nitrogens with two attached hydrogens (primary N) is 1. The SMILES string of the molecule is CC1CN(C(N)=NCCSc2ccc(Cl)cc2)CCO1.I. The number of rotatable bonds is 4. The number of halogens is 2. The molecule has 0 amide bonds. The summed E-state index contributed by atoms with van der Waals surface area (Å²) in [4.78, 5) is 7.71. The zero-order valence-electron chi connectivity index (χ0n) is 12.0. The van der Waals surface area contributed by atoms with Gasteiger partial charge in [-0.2, -0.15) is 0 Å². The number of nitrogens with zero attached hydrogens (tertiary/aromatic N) is 2. The normalized spacial score (nSPS) is 19.2. The lowest BCUT2D eigenvalue weighted by molar-refractivity contribution is 0.00531. The van der Waals surface area contributed by atoms with Crippen molar-refractivity contribution in [1.82, 2.24) is 4.90 Å². The van der Waals surface area contributed by atoms with Gasteiger partial charge in [-0.05, 0) is 31.2 Å². The van der Waals surface area contributed by atoms with E-state index >= 15 is 0 Å². The fourth-order valence-electron chi connectivity index (χ4n) is 1.98. The van der Waals surface area contributed by atoms with Crippen LogP contribution in [0.25, 0.3) is 0 Å². The van der Waals surface area contributed by atoms with Crippen molar-refractivity contribution in [2.75, 3.05) is 32.0 Å². The molecule has 1 aromatic rings. The van der Waals surface area contributed by atoms with E-state index in [4.69, 9.17) is 22.1 Å². The van der Waals surface area contributed by atoms with Crippen molar-refractivity contribution in [2.45, 2.75) is 17.9 Å². The Balaban J connectivity index is 0.00000220. The number of ether oxygens (including phenoxy) is 1. The van der Waals surface area contributed by atoms with Gasteiger partial charge >= 0.3 is 0 Å². The first-order valence-electron chi connectivity index (χ1n) is 6.70. The lowest BCUT2D eigenvalue weighted by Gasteiger charge is -2.31. The number of aliphatic imine (C=N–C) groups is 1. The van der Waals surface area contributed by atoms with Crippen LogP contribution >= 0.6 is 47.3 Å². The Kier molecular flexibility index (Phi) is 8.77. The number of thioether (sulfide) groups is 1. The van der Waals surface area contributed by atoms with E-state index in [2.05, 4.69) is 16.8 Å². The zero-order valence-corrected chi connectivity index (χ0v) is 15.9. The quantitative estimate of drug-likeness (QED) is 0.256. The minimum absolute atomic E-state index is 0. The highest BCUT2D eigenvalue weighted by Gasteiger charge is 2.17. The van der Waals surface area contributed by atoms with Crippen LogP contribution in [0.5, 0.6) is 0 Å². The summed E-state index contributed by atoms with van der Waals surface area (Å²) in [5.74, 6) is 1.53. The standard InChI is InChI=1S/C14H20ClN3OS.HI/c1-11-10-18(7-8-19-11)14(16)17-6-9-20-13-4-2-12(15)3-5-13;/h2-5,11H,6-10H2,1H3,(H2,16,17);1H. The molecule has 1 aromatic carbocycles. The van der Waals surface area contributed by atoms with Crippen LogP contribution in [0.4, 0.5) is 0 Å². The molecule has 1 aliphatic rings. The molecule has 1 unspecified atom stereocenters. The van der Waals surface area contributed by atoms with Gasteiger partial charge in [-0.1, -0.05) is 11.6 Å². The molecule has 1 aliphatic heterocycles. The maximum absolute atomic E-state index is 6.00. The highest BCUT2D eigenvalue weighted by Crippen LogP contribution is 2.19. The van der Waals surface area contributed by atoms with E-state index in [0.29, 0.717) is 12.5 Å². The van der Waals surface area contributed by atoms with Crippen molar-refractivity contribution in [3.63, 3.8) is 0 Å². The van der Waals surface area contributed by atoms with Crippen molar-refractivity contribution >= 4 is 53.3 Å². The Bertz CT molecular complexity index is 458. The second-order valence-corrected chi connectivity index (χ2v) is 6.27. The lowest BCUT2D eigenvalue weighted by Crippen LogP contribution is -2.47. The van der Waals surface area contributed by atoms with Crippen molar-refractivity contribution in [3.05, 3.63) is 29.3 Å². The molecule has 0 aliphatic carbocycles. The van der Waals surface area contributed by atoms with Crippen molar-refractivity contribution < 1.29 is 4.74 Å². The van der Waals surface area contributed by atoms with Crippen LogP contribution in [0.3, 0.4) is 0 Å². The van der Waals surface area contributed by atoms with Gasteiger partial charge in [0.1, 0.15) is 0 Å². The van der Waals surface area contributed by atoms with E-state index < -0.39 is 0 Å². The van der Waals surface area contributed by atoms with Gasteiger partial charge in [0.15, 0.2) is 5.96 Å². The first-order valence-corrected chi connectivity index (χ1v) is 8.06. The predicted octanol–water partition coefficient (Wildman–Crippen LogP) is 3.09. The van der Waals surface area contributed by atoms with Gasteiger partial charge in [-0.15, -0.1) is 35.7 Å². The van der Waals surface area contributed by atoms with Crippen molar-refractivity contribution in [3.8, 4) is 0 Å². The molecular weight excluding hydrogens is 421 g/mol. The van der Waals surface area contributed by atoms with Crippen LogP contribution in [0.2, 0.25) is 5.02 Å². The average molecular weight is 442 g/mol. The molecule has 0 aromatic heterocycles. The van der Waals surface area contributed by atoms with Crippen LogP contribution in [0, 0.1) is 0 Å². The van der Waals surface area contributed by atoms with Crippen LogP contribution in [-0.2, 0) is 4.74 Å². The molecular formula is C14H21ClIN3OS. The molecule has 118 valence electrons. The summed E-state index contributed by atoms with van der Waals surface area (Å²) in [5.41, 5.74) is 6.00. The first-order chi connectivity index (χ1) is 9.65. The Morgan fingerprint density at radius 2 is 2.19 bits per heavy atom. The second kappa shape index (κ2) is 9.76. The van der Waals surface area contributed by atoms with E-state index in [1.165, 1.54) is 4.90 Å². The molecule has 1 heterocycles. The van der Waals surface area contributed by atoms with Crippen LogP contribution in [-0.4, -0.2) is 49.0 Å². The van der Waals surface area contributed by atoms with Crippen molar-refractivity contribution in [2.24, 2.45) is 10.7 Å². The summed E-state index contributed by atoms with van der Waals surface area (Å²) in [7, 11) is 0. The summed E-state index contributed by atoms with van der Waals surface area (Å²) < 4.78 is 5.48. The van der Waals surface area contributed by atoms with Crippen LogP contribution in [0.1, 0.15) is 6.92 Å². The molecule has 1 saturated heterocycles. The van der Waals surface area contributed by atoms with E-state index in [0.717, 1.165) is 30.5 Å². The third kappa shape index (κ3) is 6.63. The first kappa shape index (κ1) is 18.9. The third-order valence-electron chi connectivity index (χ3n) is 3.01. The number of benzene rings is 1. The molecule has 4 nitrogen and oxygen atoms in total. The smallest absolute Gasteiger partial charge is 0.191 e. The molecule has 1 atom stereocenters. The maximum atomic E-state index is 6.00. The molecule has 1 fully saturated rings. The zero-order chi connectivity index (χ0) is 14.4. The van der Waals surface area contributed by atoms with Gasteiger partial charge in [0.25, 0.3) is 0 Å². The van der Waals surface area contributed by atoms with Gasteiger partial charge in [-0.3, -0.25) is 4.99 Å². The van der Waals surface area contributed by atoms with Gasteiger partial charge in [-0.25, -0.2) is 0 Å². The Morgan fingerprint density at radius 1 is 1.48 bits per heavy atom. The summed E-state index contributed by atoms with van der Waals surface area (Å²) in [6, 6.07) is 7.83. The molecule has 0 spiro atoms. The molecule has 2 N–H and O–H groups in total. The summed E-state index contributed by atoms with van der Waals surface area (Å²) in [6.07, 6.45) is 0.223. The summed E-state index contributed by atoms with van der Waals surface area (Å²) in [5, 5.41) is 0.762. The van der Waals surface area contributed by atoms with E-state index in [1.807, 2.05) is 24.3 Å². The Hall–Kier alpha value is -0.180. The largest absolute Gasteiger partial charge is 0.375 e. The fraction of sp³-hybridized carbons (Fsp3) is 0.500. The monoisotopic (exact) mass is 441 g/mol. The molecule has 21 heavy (non-hydrogen) atoms. The Labute approximate surface area is 152 Å². The predicted molar refractivity (Wildman–Crippen MR) is 101 cm³/mol. The molecule has 7 heteroatoms. The molecule has 0 saturated carbocycles. The number of hydrogen-bond donors (Lipinski definition) is 1. The second-order valence-electron chi connectivity index (χ2n) is 4.67. The van der Waals surface area contributed by atoms with Gasteiger partial charge in [0, 0.05) is 28.8 Å². The van der Waals surface area contributed by atoms with Crippen LogP contribution in [0.15, 0.2) is 34.2 Å². The maximum Gasteiger partial charge on any atom is 0.191 e. The van der Waals surface area contributed by atoms with Crippen LogP contribution < -0.4 is 5.73 Å². The summed E-state index contributed by atoms with van der Waals surface area (Å²) >= 11 is 7.60. The van der Waals surface area contributed by atoms with Gasteiger partial charge in [0.2, 0.25) is 0 Å². The number of morpholine rings is 1. The van der Waals surface area contributed by atoms with Crippen molar-refractivity contribution in [1.29, 1.82) is 0 Å². The number of guanidine groups is 1. The molecule has 0 bridgehead atoms. The van der Waals surface area contributed by atoms with E-state index in [-0.39, 0.29) is 30.1 Å².